The van der Waals surface area contributed by atoms with Gasteiger partial charge in [0, 0.05) is 18.2 Å². The molecule has 3 rings (SSSR count). The van der Waals surface area contributed by atoms with Crippen molar-refractivity contribution in [3.8, 4) is 0 Å². The van der Waals surface area contributed by atoms with E-state index in [1.54, 1.807) is 6.20 Å². The molecule has 0 fully saturated rings. The van der Waals surface area contributed by atoms with Crippen molar-refractivity contribution >= 4 is 11.8 Å². The monoisotopic (exact) mass is 357 g/mol. The van der Waals surface area contributed by atoms with E-state index in [9.17, 15) is 4.79 Å². The van der Waals surface area contributed by atoms with E-state index in [1.165, 1.54) is 18.4 Å². The summed E-state index contributed by atoms with van der Waals surface area (Å²) in [6.07, 6.45) is 11.5. The second-order valence-electron chi connectivity index (χ2n) is 6.99. The summed E-state index contributed by atoms with van der Waals surface area (Å²) in [6.45, 7) is 1.02. The van der Waals surface area contributed by atoms with E-state index in [0.717, 1.165) is 63.0 Å². The summed E-state index contributed by atoms with van der Waals surface area (Å²) in [7, 11) is 0. The van der Waals surface area contributed by atoms with Crippen LogP contribution in [0.3, 0.4) is 0 Å². The fraction of sp³-hybridized carbons (Fsp3) is 0.550. The molecule has 0 aliphatic carbocycles. The van der Waals surface area contributed by atoms with Crippen molar-refractivity contribution in [2.75, 3.05) is 11.9 Å². The number of aromatic nitrogens is 2. The Kier molecular flexibility index (Phi) is 6.63. The van der Waals surface area contributed by atoms with Crippen molar-refractivity contribution in [3.05, 3.63) is 41.7 Å². The number of unbranched alkanes of at least 4 members (excludes halogenated alkanes) is 3. The van der Waals surface area contributed by atoms with Crippen LogP contribution in [0.2, 0.25) is 0 Å². The Morgan fingerprint density at radius 2 is 2.15 bits per heavy atom. The molecule has 1 unspecified atom stereocenters. The number of aryl methyl sites for hydroxylation is 2. The molecule has 2 N–H and O–H groups in total. The fourth-order valence-corrected chi connectivity index (χ4v) is 3.54. The maximum absolute atomic E-state index is 11.0. The summed E-state index contributed by atoms with van der Waals surface area (Å²) in [5.41, 5.74) is 2.49. The molecule has 1 atom stereocenters. The van der Waals surface area contributed by atoms with Gasteiger partial charge in [0.1, 0.15) is 11.6 Å². The Morgan fingerprint density at radius 3 is 2.96 bits per heavy atom. The molecule has 0 aromatic carbocycles. The van der Waals surface area contributed by atoms with Gasteiger partial charge in [-0.15, -0.1) is 0 Å². The first-order valence-electron chi connectivity index (χ1n) is 9.55. The molecule has 2 aromatic heterocycles. The molecule has 6 nitrogen and oxygen atoms in total. The van der Waals surface area contributed by atoms with Crippen LogP contribution < -0.4 is 5.32 Å². The van der Waals surface area contributed by atoms with Gasteiger partial charge in [0.05, 0.1) is 12.6 Å². The zero-order valence-electron chi connectivity index (χ0n) is 15.1. The van der Waals surface area contributed by atoms with Crippen molar-refractivity contribution in [1.29, 1.82) is 0 Å². The minimum Gasteiger partial charge on any atom is -0.481 e. The van der Waals surface area contributed by atoms with Crippen LogP contribution in [0, 0.1) is 0 Å². The van der Waals surface area contributed by atoms with Crippen LogP contribution in [0.25, 0.3) is 0 Å². The number of carboxylic acids is 1. The van der Waals surface area contributed by atoms with Crippen LogP contribution in [0.4, 0.5) is 5.82 Å². The quantitative estimate of drug-likeness (QED) is 0.620. The zero-order chi connectivity index (χ0) is 18.2. The molecule has 0 spiro atoms. The summed E-state index contributed by atoms with van der Waals surface area (Å²) in [6, 6.07) is 4.36. The highest BCUT2D eigenvalue weighted by Gasteiger charge is 2.18. The van der Waals surface area contributed by atoms with Gasteiger partial charge in [-0.2, -0.15) is 0 Å². The summed E-state index contributed by atoms with van der Waals surface area (Å²) in [5, 5.41) is 12.4. The first kappa shape index (κ1) is 18.4. The Morgan fingerprint density at radius 1 is 1.27 bits per heavy atom. The van der Waals surface area contributed by atoms with Crippen LogP contribution >= 0.6 is 0 Å². The molecule has 0 saturated heterocycles. The first-order valence-corrected chi connectivity index (χ1v) is 9.55. The third kappa shape index (κ3) is 5.31. The molecule has 1 aliphatic rings. The van der Waals surface area contributed by atoms with E-state index in [-0.39, 0.29) is 12.3 Å². The molecular formula is C20H27N3O3. The average Bonchev–Trinajstić information content (AvgIpc) is 3.18. The Bertz CT molecular complexity index is 700. The number of hydrogen-bond donors (Lipinski definition) is 2. The highest BCUT2D eigenvalue weighted by molar-refractivity contribution is 5.67. The van der Waals surface area contributed by atoms with Crippen LogP contribution in [-0.2, 0) is 17.6 Å². The fourth-order valence-electron chi connectivity index (χ4n) is 3.54. The number of pyridine rings is 1. The number of fused-ring (bicyclic) bond motifs is 1. The van der Waals surface area contributed by atoms with Crippen molar-refractivity contribution in [1.82, 2.24) is 9.97 Å². The zero-order valence-corrected chi connectivity index (χ0v) is 15.1. The van der Waals surface area contributed by atoms with Crippen molar-refractivity contribution in [2.45, 2.75) is 63.7 Å². The van der Waals surface area contributed by atoms with Gasteiger partial charge in [0.2, 0.25) is 0 Å². The number of carboxylic acid groups (broad SMARTS) is 1. The Labute approximate surface area is 154 Å². The SMILES string of the molecule is O=C(O)CC(CCCCCCc1ccc2c(n1)NCCC2)c1cnco1. The number of nitrogens with zero attached hydrogens (tertiary/aromatic N) is 2. The van der Waals surface area contributed by atoms with Gasteiger partial charge in [-0.25, -0.2) is 9.97 Å². The lowest BCUT2D eigenvalue weighted by Gasteiger charge is -2.17. The van der Waals surface area contributed by atoms with Gasteiger partial charge in [-0.3, -0.25) is 4.79 Å². The van der Waals surface area contributed by atoms with E-state index in [4.69, 9.17) is 14.5 Å². The van der Waals surface area contributed by atoms with Crippen molar-refractivity contribution in [3.63, 3.8) is 0 Å². The standard InChI is InChI=1S/C20H27N3O3/c24-19(25)12-16(18-13-21-14-26-18)6-3-1-2-4-8-17-10-9-15-7-5-11-22-20(15)23-17/h9-10,13-14,16H,1-8,11-12H2,(H,22,23)(H,24,25). The largest absolute Gasteiger partial charge is 0.481 e. The van der Waals surface area contributed by atoms with E-state index < -0.39 is 5.97 Å². The smallest absolute Gasteiger partial charge is 0.304 e. The average molecular weight is 357 g/mol. The molecule has 2 aromatic rings. The lowest BCUT2D eigenvalue weighted by atomic mass is 9.95. The maximum atomic E-state index is 11.0. The van der Waals surface area contributed by atoms with Crippen molar-refractivity contribution < 1.29 is 14.3 Å². The summed E-state index contributed by atoms with van der Waals surface area (Å²) in [5.74, 6) is 0.873. The van der Waals surface area contributed by atoms with E-state index in [1.807, 2.05) is 0 Å². The molecular weight excluding hydrogens is 330 g/mol. The molecule has 0 bridgehead atoms. The molecule has 6 heteroatoms. The highest BCUT2D eigenvalue weighted by atomic mass is 16.4. The predicted molar refractivity (Wildman–Crippen MR) is 99.3 cm³/mol. The van der Waals surface area contributed by atoms with Gasteiger partial charge in [-0.1, -0.05) is 25.3 Å². The maximum Gasteiger partial charge on any atom is 0.304 e. The second-order valence-corrected chi connectivity index (χ2v) is 6.99. The third-order valence-corrected chi connectivity index (χ3v) is 4.96. The molecule has 0 saturated carbocycles. The van der Waals surface area contributed by atoms with Gasteiger partial charge in [0.15, 0.2) is 6.39 Å². The van der Waals surface area contributed by atoms with Crippen LogP contribution in [0.1, 0.15) is 67.9 Å². The normalized spacial score (nSPS) is 14.5. The van der Waals surface area contributed by atoms with E-state index in [2.05, 4.69) is 22.4 Å². The number of aliphatic carboxylic acids is 1. The van der Waals surface area contributed by atoms with Gasteiger partial charge >= 0.3 is 5.97 Å². The number of anilines is 1. The minimum atomic E-state index is -0.793. The van der Waals surface area contributed by atoms with Gasteiger partial charge in [-0.05, 0) is 43.7 Å². The lowest BCUT2D eigenvalue weighted by Crippen LogP contribution is -2.13. The van der Waals surface area contributed by atoms with E-state index in [0.29, 0.717) is 5.76 Å². The number of oxazole rings is 1. The molecule has 0 amide bonds. The topological polar surface area (TPSA) is 88.2 Å². The first-order chi connectivity index (χ1) is 12.7. The highest BCUT2D eigenvalue weighted by Crippen LogP contribution is 2.26. The lowest BCUT2D eigenvalue weighted by molar-refractivity contribution is -0.137. The number of nitrogens with one attached hydrogen (secondary N) is 1. The molecule has 26 heavy (non-hydrogen) atoms. The number of hydrogen-bond acceptors (Lipinski definition) is 5. The number of carbonyl (C=O) groups is 1. The van der Waals surface area contributed by atoms with Crippen LogP contribution in [0.5, 0.6) is 0 Å². The Hall–Kier alpha value is -2.37. The molecule has 140 valence electrons. The van der Waals surface area contributed by atoms with Gasteiger partial charge in [0.25, 0.3) is 0 Å². The molecule has 1 aliphatic heterocycles. The predicted octanol–water partition coefficient (Wildman–Crippen LogP) is 4.18. The Balaban J connectivity index is 1.36. The number of rotatable bonds is 10. The van der Waals surface area contributed by atoms with Crippen LogP contribution in [-0.4, -0.2) is 27.6 Å². The summed E-state index contributed by atoms with van der Waals surface area (Å²) in [4.78, 5) is 19.7. The second kappa shape index (κ2) is 9.36. The van der Waals surface area contributed by atoms with E-state index >= 15 is 0 Å². The van der Waals surface area contributed by atoms with Crippen molar-refractivity contribution in [2.24, 2.45) is 0 Å². The summed E-state index contributed by atoms with van der Waals surface area (Å²) < 4.78 is 5.29. The molecule has 0 radical (unpaired) electrons. The van der Waals surface area contributed by atoms with Crippen LogP contribution in [0.15, 0.2) is 29.1 Å². The molecule has 3 heterocycles. The third-order valence-electron chi connectivity index (χ3n) is 4.96. The van der Waals surface area contributed by atoms with Gasteiger partial charge < -0.3 is 14.8 Å². The minimum absolute atomic E-state index is 0.0802. The summed E-state index contributed by atoms with van der Waals surface area (Å²) >= 11 is 0.